The molecular weight excluding hydrogens is 388 g/mol. The molecule has 3 N–H and O–H groups in total. The highest BCUT2D eigenvalue weighted by molar-refractivity contribution is 6.18. The van der Waals surface area contributed by atoms with Gasteiger partial charge < -0.3 is 25.7 Å². The fraction of sp³-hybridized carbons (Fsp3) is 0.360. The van der Waals surface area contributed by atoms with Crippen LogP contribution >= 0.6 is 0 Å². The van der Waals surface area contributed by atoms with Gasteiger partial charge in [0.2, 0.25) is 0 Å². The first-order valence-electron chi connectivity index (χ1n) is 10.5. The molecule has 1 aliphatic carbocycles. The van der Waals surface area contributed by atoms with Gasteiger partial charge in [0.1, 0.15) is 0 Å². The Labute approximate surface area is 184 Å². The SMILES string of the molecule is C=C/C=C\N/C(C)=C(\C=N)C(=O)Nc1cc2c(cc1N1CCOCC1)C(=C)C(C)(C)C2. The van der Waals surface area contributed by atoms with Crippen LogP contribution in [0, 0.1) is 10.8 Å². The van der Waals surface area contributed by atoms with E-state index in [1.807, 2.05) is 0 Å². The van der Waals surface area contributed by atoms with Crippen molar-refractivity contribution in [3.05, 3.63) is 66.0 Å². The van der Waals surface area contributed by atoms with E-state index in [1.54, 1.807) is 25.3 Å². The van der Waals surface area contributed by atoms with Crippen LogP contribution in [0.15, 0.2) is 54.9 Å². The largest absolute Gasteiger partial charge is 0.378 e. The summed E-state index contributed by atoms with van der Waals surface area (Å²) in [6.07, 6.45) is 7.01. The van der Waals surface area contributed by atoms with Gasteiger partial charge in [-0.1, -0.05) is 33.1 Å². The molecule has 0 aromatic heterocycles. The molecule has 1 heterocycles. The Bertz CT molecular complexity index is 966. The Morgan fingerprint density at radius 1 is 1.29 bits per heavy atom. The summed E-state index contributed by atoms with van der Waals surface area (Å²) < 4.78 is 5.52. The molecule has 0 atom stereocenters. The quantitative estimate of drug-likeness (QED) is 0.350. The zero-order valence-electron chi connectivity index (χ0n) is 18.7. The van der Waals surface area contributed by atoms with Crippen molar-refractivity contribution in [1.29, 1.82) is 5.41 Å². The van der Waals surface area contributed by atoms with E-state index in [2.05, 4.69) is 54.7 Å². The van der Waals surface area contributed by atoms with E-state index in [1.165, 1.54) is 11.1 Å². The highest BCUT2D eigenvalue weighted by Crippen LogP contribution is 2.48. The molecule has 6 nitrogen and oxygen atoms in total. The van der Waals surface area contributed by atoms with Crippen LogP contribution in [0.25, 0.3) is 5.57 Å². The van der Waals surface area contributed by atoms with Crippen molar-refractivity contribution in [2.45, 2.75) is 27.2 Å². The Hall–Kier alpha value is -3.12. The zero-order chi connectivity index (χ0) is 22.6. The molecule has 0 spiro atoms. The molecule has 2 aliphatic rings. The number of ether oxygens (including phenoxy) is 1. The highest BCUT2D eigenvalue weighted by Gasteiger charge is 2.34. The minimum Gasteiger partial charge on any atom is -0.378 e. The van der Waals surface area contributed by atoms with E-state index in [9.17, 15) is 4.79 Å². The Kier molecular flexibility index (Phi) is 6.81. The van der Waals surface area contributed by atoms with Gasteiger partial charge in [-0.15, -0.1) is 0 Å². The van der Waals surface area contributed by atoms with Gasteiger partial charge in [0.15, 0.2) is 0 Å². The van der Waals surface area contributed by atoms with E-state index in [-0.39, 0.29) is 16.9 Å². The fourth-order valence-corrected chi connectivity index (χ4v) is 4.03. The summed E-state index contributed by atoms with van der Waals surface area (Å²) in [4.78, 5) is 15.3. The number of rotatable bonds is 7. The average molecular weight is 421 g/mol. The van der Waals surface area contributed by atoms with Crippen molar-refractivity contribution in [2.75, 3.05) is 36.5 Å². The Morgan fingerprint density at radius 2 is 2.00 bits per heavy atom. The first-order chi connectivity index (χ1) is 14.8. The van der Waals surface area contributed by atoms with Gasteiger partial charge in [-0.3, -0.25) is 4.79 Å². The molecule has 1 aliphatic heterocycles. The normalized spacial score (nSPS) is 18.4. The van der Waals surface area contributed by atoms with Crippen molar-refractivity contribution in [3.8, 4) is 0 Å². The first-order valence-corrected chi connectivity index (χ1v) is 10.5. The first kappa shape index (κ1) is 22.6. The summed E-state index contributed by atoms with van der Waals surface area (Å²) in [5, 5.41) is 13.8. The van der Waals surface area contributed by atoms with Crippen LogP contribution in [-0.2, 0) is 16.0 Å². The summed E-state index contributed by atoms with van der Waals surface area (Å²) in [7, 11) is 0. The smallest absolute Gasteiger partial charge is 0.259 e. The maximum absolute atomic E-state index is 13.1. The lowest BCUT2D eigenvalue weighted by molar-refractivity contribution is -0.112. The average Bonchev–Trinajstić information content (AvgIpc) is 2.96. The molecule has 1 amide bonds. The van der Waals surface area contributed by atoms with E-state index in [0.717, 1.165) is 42.7 Å². The van der Waals surface area contributed by atoms with Crippen molar-refractivity contribution < 1.29 is 9.53 Å². The Balaban J connectivity index is 1.97. The van der Waals surface area contributed by atoms with Gasteiger partial charge in [0.05, 0.1) is 30.2 Å². The molecule has 3 rings (SSSR count). The number of morpholine rings is 1. The third-order valence-electron chi connectivity index (χ3n) is 5.92. The van der Waals surface area contributed by atoms with Crippen molar-refractivity contribution >= 4 is 29.1 Å². The van der Waals surface area contributed by atoms with Crippen LogP contribution in [0.5, 0.6) is 0 Å². The van der Waals surface area contributed by atoms with Crippen molar-refractivity contribution in [2.24, 2.45) is 5.41 Å². The maximum atomic E-state index is 13.1. The van der Waals surface area contributed by atoms with Gasteiger partial charge >= 0.3 is 0 Å². The number of nitrogens with one attached hydrogen (secondary N) is 3. The molecule has 164 valence electrons. The van der Waals surface area contributed by atoms with Crippen LogP contribution in [0.3, 0.4) is 0 Å². The number of carbonyl (C=O) groups is 1. The molecule has 1 saturated heterocycles. The molecule has 1 fully saturated rings. The maximum Gasteiger partial charge on any atom is 0.259 e. The number of nitrogens with zero attached hydrogens (tertiary/aromatic N) is 1. The molecule has 0 radical (unpaired) electrons. The van der Waals surface area contributed by atoms with E-state index >= 15 is 0 Å². The number of allylic oxidation sites excluding steroid dienone is 4. The van der Waals surface area contributed by atoms with E-state index < -0.39 is 0 Å². The van der Waals surface area contributed by atoms with Crippen LogP contribution in [0.4, 0.5) is 11.4 Å². The number of hydrogen-bond donors (Lipinski definition) is 3. The number of benzene rings is 1. The number of amides is 1. The third-order valence-corrected chi connectivity index (χ3v) is 5.92. The van der Waals surface area contributed by atoms with Crippen LogP contribution in [0.2, 0.25) is 0 Å². The number of fused-ring (bicyclic) bond motifs is 1. The summed E-state index contributed by atoms with van der Waals surface area (Å²) in [5.74, 6) is -0.322. The van der Waals surface area contributed by atoms with Gasteiger partial charge in [-0.2, -0.15) is 0 Å². The standard InChI is InChI=1S/C25H32N4O2/c1-6-7-8-27-18(3)21(16-26)24(30)28-22-13-19-15-25(4,5)17(2)20(19)14-23(22)29-9-11-31-12-10-29/h6-8,13-14,16,26-27H,1-2,9-12,15H2,3-5H3,(H,28,30)/b8-7-,21-18+,26-16?. The minimum atomic E-state index is -0.322. The molecule has 1 aromatic rings. The van der Waals surface area contributed by atoms with Crippen LogP contribution in [-0.4, -0.2) is 38.4 Å². The Morgan fingerprint density at radius 3 is 2.65 bits per heavy atom. The molecular formula is C25H32N4O2. The van der Waals surface area contributed by atoms with Crippen molar-refractivity contribution in [1.82, 2.24) is 5.32 Å². The molecule has 6 heteroatoms. The van der Waals surface area contributed by atoms with Gasteiger partial charge in [0, 0.05) is 31.2 Å². The molecule has 31 heavy (non-hydrogen) atoms. The number of hydrogen-bond acceptors (Lipinski definition) is 5. The minimum absolute atomic E-state index is 0.00867. The second-order valence-electron chi connectivity index (χ2n) is 8.54. The predicted octanol–water partition coefficient (Wildman–Crippen LogP) is 4.27. The molecule has 0 bridgehead atoms. The lowest BCUT2D eigenvalue weighted by Gasteiger charge is -2.31. The van der Waals surface area contributed by atoms with E-state index in [4.69, 9.17) is 10.1 Å². The highest BCUT2D eigenvalue weighted by atomic mass is 16.5. The lowest BCUT2D eigenvalue weighted by atomic mass is 9.86. The second-order valence-corrected chi connectivity index (χ2v) is 8.54. The second kappa shape index (κ2) is 9.35. The third kappa shape index (κ3) is 4.80. The number of carbonyl (C=O) groups excluding carboxylic acids is 1. The van der Waals surface area contributed by atoms with Gasteiger partial charge in [-0.25, -0.2) is 0 Å². The monoisotopic (exact) mass is 420 g/mol. The molecule has 0 unspecified atom stereocenters. The summed E-state index contributed by atoms with van der Waals surface area (Å²) in [6.45, 7) is 17.0. The molecule has 0 saturated carbocycles. The predicted molar refractivity (Wildman–Crippen MR) is 129 cm³/mol. The van der Waals surface area contributed by atoms with E-state index in [0.29, 0.717) is 18.9 Å². The topological polar surface area (TPSA) is 77.5 Å². The summed E-state index contributed by atoms with van der Waals surface area (Å²) >= 11 is 0. The van der Waals surface area contributed by atoms with Crippen molar-refractivity contribution in [3.63, 3.8) is 0 Å². The lowest BCUT2D eigenvalue weighted by Crippen LogP contribution is -2.37. The van der Waals surface area contributed by atoms with Crippen LogP contribution in [0.1, 0.15) is 31.9 Å². The summed E-state index contributed by atoms with van der Waals surface area (Å²) in [5.41, 5.74) is 6.06. The van der Waals surface area contributed by atoms with Crippen LogP contribution < -0.4 is 15.5 Å². The summed E-state index contributed by atoms with van der Waals surface area (Å²) in [6, 6.07) is 4.22. The fourth-order valence-electron chi connectivity index (χ4n) is 4.03. The van der Waals surface area contributed by atoms with Gasteiger partial charge in [0.25, 0.3) is 5.91 Å². The zero-order valence-corrected chi connectivity index (χ0v) is 18.7. The van der Waals surface area contributed by atoms with Gasteiger partial charge in [-0.05, 0) is 53.7 Å². The number of anilines is 2. The molecule has 1 aromatic carbocycles.